The van der Waals surface area contributed by atoms with Gasteiger partial charge in [-0.2, -0.15) is 20.1 Å². The Kier molecular flexibility index (Phi) is 4.14. The quantitative estimate of drug-likeness (QED) is 0.811. The van der Waals surface area contributed by atoms with Crippen LogP contribution in [0.15, 0.2) is 0 Å². The average molecular weight is 278 g/mol. The first-order valence-corrected chi connectivity index (χ1v) is 6.22. The van der Waals surface area contributed by atoms with Gasteiger partial charge in [0.25, 0.3) is 0 Å². The monoisotopic (exact) mass is 278 g/mol. The van der Waals surface area contributed by atoms with Gasteiger partial charge >= 0.3 is 6.01 Å². The SMILES string of the molecule is COc1nc(NCCO)nc(-c2c(C)nn(C)c2C)n1. The first-order chi connectivity index (χ1) is 9.56. The van der Waals surface area contributed by atoms with E-state index in [1.807, 2.05) is 20.9 Å². The molecule has 0 saturated heterocycles. The van der Waals surface area contributed by atoms with Crippen molar-refractivity contribution in [3.8, 4) is 17.4 Å². The second-order valence-corrected chi connectivity index (χ2v) is 4.29. The molecule has 0 aromatic carbocycles. The number of aliphatic hydroxyl groups is 1. The third-order valence-corrected chi connectivity index (χ3v) is 2.93. The van der Waals surface area contributed by atoms with Gasteiger partial charge in [-0.25, -0.2) is 0 Å². The van der Waals surface area contributed by atoms with Crippen LogP contribution in [0.25, 0.3) is 11.4 Å². The van der Waals surface area contributed by atoms with Gasteiger partial charge in [-0.05, 0) is 13.8 Å². The molecule has 0 aliphatic carbocycles. The molecule has 0 atom stereocenters. The van der Waals surface area contributed by atoms with E-state index in [9.17, 15) is 0 Å². The highest BCUT2D eigenvalue weighted by molar-refractivity contribution is 5.62. The molecular formula is C12H18N6O2. The minimum atomic E-state index is -0.00567. The van der Waals surface area contributed by atoms with Gasteiger partial charge in [0.15, 0.2) is 5.82 Å². The largest absolute Gasteiger partial charge is 0.467 e. The number of nitrogens with one attached hydrogen (secondary N) is 1. The molecule has 0 radical (unpaired) electrons. The van der Waals surface area contributed by atoms with Gasteiger partial charge in [0.05, 0.1) is 25.0 Å². The fourth-order valence-corrected chi connectivity index (χ4v) is 1.90. The van der Waals surface area contributed by atoms with Gasteiger partial charge < -0.3 is 15.2 Å². The van der Waals surface area contributed by atoms with Crippen LogP contribution in [0.3, 0.4) is 0 Å². The maximum absolute atomic E-state index is 8.85. The van der Waals surface area contributed by atoms with Crippen molar-refractivity contribution < 1.29 is 9.84 Å². The molecular weight excluding hydrogens is 260 g/mol. The van der Waals surface area contributed by atoms with Gasteiger partial charge in [0, 0.05) is 19.3 Å². The second-order valence-electron chi connectivity index (χ2n) is 4.29. The molecule has 8 nitrogen and oxygen atoms in total. The summed E-state index contributed by atoms with van der Waals surface area (Å²) in [4.78, 5) is 12.7. The predicted molar refractivity (Wildman–Crippen MR) is 73.6 cm³/mol. The number of rotatable bonds is 5. The second kappa shape index (κ2) is 5.83. The Morgan fingerprint density at radius 2 is 2.00 bits per heavy atom. The van der Waals surface area contributed by atoms with Crippen LogP contribution < -0.4 is 10.1 Å². The van der Waals surface area contributed by atoms with Crippen molar-refractivity contribution in [2.75, 3.05) is 25.6 Å². The molecule has 20 heavy (non-hydrogen) atoms. The van der Waals surface area contributed by atoms with Crippen LogP contribution >= 0.6 is 0 Å². The summed E-state index contributed by atoms with van der Waals surface area (Å²) in [6.45, 7) is 4.21. The van der Waals surface area contributed by atoms with Crippen molar-refractivity contribution in [2.24, 2.45) is 7.05 Å². The highest BCUT2D eigenvalue weighted by Gasteiger charge is 2.17. The molecule has 0 aliphatic rings. The zero-order valence-corrected chi connectivity index (χ0v) is 12.0. The first-order valence-electron chi connectivity index (χ1n) is 6.22. The Bertz CT molecular complexity index is 610. The van der Waals surface area contributed by atoms with Crippen LogP contribution in [-0.2, 0) is 7.05 Å². The van der Waals surface area contributed by atoms with Crippen molar-refractivity contribution in [2.45, 2.75) is 13.8 Å². The lowest BCUT2D eigenvalue weighted by Crippen LogP contribution is -2.11. The average Bonchev–Trinajstić information content (AvgIpc) is 2.69. The molecule has 2 aromatic rings. The summed E-state index contributed by atoms with van der Waals surface area (Å²) in [5.41, 5.74) is 2.66. The normalized spacial score (nSPS) is 10.7. The molecule has 0 unspecified atom stereocenters. The molecule has 0 bridgehead atoms. The Hall–Kier alpha value is -2.22. The highest BCUT2D eigenvalue weighted by Crippen LogP contribution is 2.25. The summed E-state index contributed by atoms with van der Waals surface area (Å²) in [6.07, 6.45) is 0. The number of ether oxygens (including phenoxy) is 1. The van der Waals surface area contributed by atoms with E-state index in [0.717, 1.165) is 17.0 Å². The topological polar surface area (TPSA) is 98.0 Å². The van der Waals surface area contributed by atoms with Crippen molar-refractivity contribution in [1.82, 2.24) is 24.7 Å². The Morgan fingerprint density at radius 3 is 2.55 bits per heavy atom. The minimum Gasteiger partial charge on any atom is -0.467 e. The number of methoxy groups -OCH3 is 1. The van der Waals surface area contributed by atoms with Crippen LogP contribution in [-0.4, -0.2) is 50.1 Å². The van der Waals surface area contributed by atoms with E-state index >= 15 is 0 Å². The Labute approximate surface area is 116 Å². The molecule has 8 heteroatoms. The number of hydrogen-bond acceptors (Lipinski definition) is 7. The molecule has 108 valence electrons. The molecule has 2 N–H and O–H groups in total. The third-order valence-electron chi connectivity index (χ3n) is 2.93. The Morgan fingerprint density at radius 1 is 1.25 bits per heavy atom. The van der Waals surface area contributed by atoms with E-state index in [4.69, 9.17) is 9.84 Å². The third kappa shape index (κ3) is 2.69. The smallest absolute Gasteiger partial charge is 0.321 e. The zero-order chi connectivity index (χ0) is 14.7. The lowest BCUT2D eigenvalue weighted by Gasteiger charge is -2.07. The fraction of sp³-hybridized carbons (Fsp3) is 0.500. The van der Waals surface area contributed by atoms with Crippen LogP contribution in [0.5, 0.6) is 6.01 Å². The molecule has 0 saturated carbocycles. The fourth-order valence-electron chi connectivity index (χ4n) is 1.90. The summed E-state index contributed by atoms with van der Waals surface area (Å²) in [5, 5.41) is 16.1. The summed E-state index contributed by atoms with van der Waals surface area (Å²) in [7, 11) is 3.37. The molecule has 0 aliphatic heterocycles. The Balaban J connectivity index is 2.49. The number of aromatic nitrogens is 5. The van der Waals surface area contributed by atoms with Crippen LogP contribution in [0.2, 0.25) is 0 Å². The van der Waals surface area contributed by atoms with E-state index in [-0.39, 0.29) is 12.6 Å². The van der Waals surface area contributed by atoms with E-state index in [0.29, 0.717) is 18.3 Å². The van der Waals surface area contributed by atoms with Crippen molar-refractivity contribution >= 4 is 5.95 Å². The highest BCUT2D eigenvalue weighted by atomic mass is 16.5. The first kappa shape index (κ1) is 14.2. The minimum absolute atomic E-state index is 0.00567. The molecule has 0 fully saturated rings. The molecule has 2 aromatic heterocycles. The summed E-state index contributed by atoms with van der Waals surface area (Å²) < 4.78 is 6.87. The molecule has 0 amide bonds. The summed E-state index contributed by atoms with van der Waals surface area (Å²) in [6, 6.07) is 0.220. The molecule has 2 rings (SSSR count). The van der Waals surface area contributed by atoms with Gasteiger partial charge in [0.2, 0.25) is 5.95 Å². The van der Waals surface area contributed by atoms with Gasteiger partial charge in [-0.15, -0.1) is 0 Å². The van der Waals surface area contributed by atoms with Crippen molar-refractivity contribution in [3.63, 3.8) is 0 Å². The summed E-state index contributed by atoms with van der Waals surface area (Å²) in [5.74, 6) is 0.865. The van der Waals surface area contributed by atoms with Gasteiger partial charge in [-0.1, -0.05) is 0 Å². The van der Waals surface area contributed by atoms with Crippen molar-refractivity contribution in [1.29, 1.82) is 0 Å². The molecule has 0 spiro atoms. The van der Waals surface area contributed by atoms with Crippen LogP contribution in [0.1, 0.15) is 11.4 Å². The van der Waals surface area contributed by atoms with Crippen LogP contribution in [0.4, 0.5) is 5.95 Å². The number of nitrogens with zero attached hydrogens (tertiary/aromatic N) is 5. The lowest BCUT2D eigenvalue weighted by molar-refractivity contribution is 0.310. The molecule has 2 heterocycles. The van der Waals surface area contributed by atoms with E-state index in [2.05, 4.69) is 25.4 Å². The van der Waals surface area contributed by atoms with E-state index < -0.39 is 0 Å². The number of hydrogen-bond donors (Lipinski definition) is 2. The maximum atomic E-state index is 8.85. The van der Waals surface area contributed by atoms with Crippen LogP contribution in [0, 0.1) is 13.8 Å². The maximum Gasteiger partial charge on any atom is 0.321 e. The van der Waals surface area contributed by atoms with Gasteiger partial charge in [-0.3, -0.25) is 4.68 Å². The van der Waals surface area contributed by atoms with E-state index in [1.54, 1.807) is 4.68 Å². The number of aliphatic hydroxyl groups excluding tert-OH is 1. The predicted octanol–water partition coefficient (Wildman–Crippen LogP) is 0.302. The standard InChI is InChI=1S/C12H18N6O2/c1-7-9(8(2)18(3)17-7)10-14-11(13-5-6-19)16-12(15-10)20-4/h19H,5-6H2,1-4H3,(H,13,14,15,16). The zero-order valence-electron chi connectivity index (χ0n) is 12.0. The van der Waals surface area contributed by atoms with E-state index in [1.165, 1.54) is 7.11 Å². The number of aryl methyl sites for hydroxylation is 2. The number of anilines is 1. The van der Waals surface area contributed by atoms with Crippen molar-refractivity contribution in [3.05, 3.63) is 11.4 Å². The lowest BCUT2D eigenvalue weighted by atomic mass is 10.2. The van der Waals surface area contributed by atoms with Gasteiger partial charge in [0.1, 0.15) is 0 Å². The summed E-state index contributed by atoms with van der Waals surface area (Å²) >= 11 is 0.